The van der Waals surface area contributed by atoms with Crippen molar-refractivity contribution in [2.75, 3.05) is 0 Å². The first-order valence-corrected chi connectivity index (χ1v) is 7.39. The molecule has 0 bridgehead atoms. The molecule has 0 amide bonds. The molecule has 0 aliphatic heterocycles. The number of benzene rings is 2. The summed E-state index contributed by atoms with van der Waals surface area (Å²) in [5.41, 5.74) is -0.146. The van der Waals surface area contributed by atoms with Crippen LogP contribution in [0, 0.1) is 10.1 Å². The SMILES string of the molecule is O=C(Oc1cccc([N+](=O)[O-])c1)c1sc2ccccc2c1Cl. The van der Waals surface area contributed by atoms with Gasteiger partial charge in [-0.1, -0.05) is 35.9 Å². The highest BCUT2D eigenvalue weighted by Crippen LogP contribution is 2.35. The van der Waals surface area contributed by atoms with E-state index in [-0.39, 0.29) is 16.3 Å². The molecule has 0 spiro atoms. The maximum Gasteiger partial charge on any atom is 0.355 e. The van der Waals surface area contributed by atoms with E-state index in [1.54, 1.807) is 0 Å². The second-order valence-electron chi connectivity index (χ2n) is 4.39. The average Bonchev–Trinajstić information content (AvgIpc) is 2.85. The number of thiophene rings is 1. The van der Waals surface area contributed by atoms with Gasteiger partial charge in [0.15, 0.2) is 0 Å². The standard InChI is InChI=1S/C15H8ClNO4S/c16-13-11-6-1-2-7-12(11)22-14(13)15(18)21-10-5-3-4-9(8-10)17(19)20/h1-8H. The summed E-state index contributed by atoms with van der Waals surface area (Å²) in [4.78, 5) is 22.7. The first-order valence-electron chi connectivity index (χ1n) is 6.20. The number of nitro benzene ring substituents is 1. The van der Waals surface area contributed by atoms with Gasteiger partial charge in [-0.3, -0.25) is 10.1 Å². The van der Waals surface area contributed by atoms with Gasteiger partial charge in [-0.15, -0.1) is 11.3 Å². The van der Waals surface area contributed by atoms with Crippen LogP contribution in [0.25, 0.3) is 10.1 Å². The average molecular weight is 334 g/mol. The molecular formula is C15H8ClNO4S. The molecule has 1 heterocycles. The van der Waals surface area contributed by atoms with Gasteiger partial charge in [-0.05, 0) is 12.1 Å². The van der Waals surface area contributed by atoms with Crippen molar-refractivity contribution in [2.24, 2.45) is 0 Å². The number of ether oxygens (including phenoxy) is 1. The Morgan fingerprint density at radius 1 is 1.18 bits per heavy atom. The van der Waals surface area contributed by atoms with Crippen LogP contribution in [0.2, 0.25) is 5.02 Å². The summed E-state index contributed by atoms with van der Waals surface area (Å²) in [6.07, 6.45) is 0. The number of carbonyl (C=O) groups excluding carboxylic acids is 1. The fraction of sp³-hybridized carbons (Fsp3) is 0. The van der Waals surface area contributed by atoms with E-state index in [1.165, 1.54) is 35.6 Å². The number of fused-ring (bicyclic) bond motifs is 1. The van der Waals surface area contributed by atoms with E-state index in [1.807, 2.05) is 24.3 Å². The minimum absolute atomic E-state index is 0.104. The van der Waals surface area contributed by atoms with Gasteiger partial charge in [0.1, 0.15) is 10.6 Å². The van der Waals surface area contributed by atoms with Crippen molar-refractivity contribution in [3.63, 3.8) is 0 Å². The molecular weight excluding hydrogens is 326 g/mol. The Balaban J connectivity index is 1.92. The van der Waals surface area contributed by atoms with E-state index in [9.17, 15) is 14.9 Å². The third-order valence-corrected chi connectivity index (χ3v) is 4.61. The van der Waals surface area contributed by atoms with Crippen LogP contribution in [-0.4, -0.2) is 10.9 Å². The molecule has 0 unspecified atom stereocenters. The number of hydrogen-bond donors (Lipinski definition) is 0. The highest BCUT2D eigenvalue weighted by Gasteiger charge is 2.19. The molecule has 0 aliphatic rings. The molecule has 2 aromatic carbocycles. The Morgan fingerprint density at radius 2 is 1.95 bits per heavy atom. The molecule has 0 fully saturated rings. The largest absolute Gasteiger partial charge is 0.422 e. The van der Waals surface area contributed by atoms with E-state index < -0.39 is 10.9 Å². The third kappa shape index (κ3) is 2.66. The van der Waals surface area contributed by atoms with Gasteiger partial charge in [-0.25, -0.2) is 4.79 Å². The second-order valence-corrected chi connectivity index (χ2v) is 5.82. The molecule has 0 N–H and O–H groups in total. The van der Waals surface area contributed by atoms with Crippen molar-refractivity contribution in [1.29, 1.82) is 0 Å². The molecule has 0 saturated carbocycles. The molecule has 5 nitrogen and oxygen atoms in total. The van der Waals surface area contributed by atoms with Crippen molar-refractivity contribution in [2.45, 2.75) is 0 Å². The summed E-state index contributed by atoms with van der Waals surface area (Å²) in [5, 5.41) is 11.8. The normalized spacial score (nSPS) is 10.6. The highest BCUT2D eigenvalue weighted by atomic mass is 35.5. The smallest absolute Gasteiger partial charge is 0.355 e. The second kappa shape index (κ2) is 5.75. The Labute approximate surface area is 133 Å². The summed E-state index contributed by atoms with van der Waals surface area (Å²) >= 11 is 7.42. The number of non-ortho nitro benzene ring substituents is 1. The predicted octanol–water partition coefficient (Wildman–Crippen LogP) is 4.68. The van der Waals surface area contributed by atoms with E-state index >= 15 is 0 Å². The number of halogens is 1. The van der Waals surface area contributed by atoms with Crippen LogP contribution in [0.15, 0.2) is 48.5 Å². The van der Waals surface area contributed by atoms with Crippen LogP contribution in [0.3, 0.4) is 0 Å². The highest BCUT2D eigenvalue weighted by molar-refractivity contribution is 7.21. The lowest BCUT2D eigenvalue weighted by atomic mass is 10.2. The minimum Gasteiger partial charge on any atom is -0.422 e. The fourth-order valence-electron chi connectivity index (χ4n) is 1.96. The van der Waals surface area contributed by atoms with Crippen LogP contribution in [0.1, 0.15) is 9.67 Å². The fourth-order valence-corrected chi connectivity index (χ4v) is 3.34. The van der Waals surface area contributed by atoms with Gasteiger partial charge in [0.25, 0.3) is 5.69 Å². The van der Waals surface area contributed by atoms with Crippen molar-refractivity contribution < 1.29 is 14.5 Å². The molecule has 0 saturated heterocycles. The van der Waals surface area contributed by atoms with Gasteiger partial charge in [0.2, 0.25) is 0 Å². The van der Waals surface area contributed by atoms with E-state index in [0.29, 0.717) is 5.02 Å². The Kier molecular flexibility index (Phi) is 3.79. The summed E-state index contributed by atoms with van der Waals surface area (Å²) in [6.45, 7) is 0. The number of nitro groups is 1. The number of carbonyl (C=O) groups is 1. The molecule has 0 radical (unpaired) electrons. The molecule has 3 rings (SSSR count). The topological polar surface area (TPSA) is 69.4 Å². The summed E-state index contributed by atoms with van der Waals surface area (Å²) in [7, 11) is 0. The van der Waals surface area contributed by atoms with Crippen molar-refractivity contribution in [3.05, 3.63) is 68.5 Å². The Bertz CT molecular complexity index is 890. The van der Waals surface area contributed by atoms with Gasteiger partial charge in [-0.2, -0.15) is 0 Å². The van der Waals surface area contributed by atoms with Crippen LogP contribution in [-0.2, 0) is 0 Å². The first kappa shape index (κ1) is 14.5. The van der Waals surface area contributed by atoms with E-state index in [0.717, 1.165) is 10.1 Å². The van der Waals surface area contributed by atoms with Gasteiger partial charge >= 0.3 is 5.97 Å². The van der Waals surface area contributed by atoms with E-state index in [2.05, 4.69) is 0 Å². The molecule has 22 heavy (non-hydrogen) atoms. The molecule has 0 atom stereocenters. The quantitative estimate of drug-likeness (QED) is 0.302. The Hall–Kier alpha value is -2.44. The molecule has 7 heteroatoms. The van der Waals surface area contributed by atoms with E-state index in [4.69, 9.17) is 16.3 Å². The lowest BCUT2D eigenvalue weighted by molar-refractivity contribution is -0.384. The van der Waals surface area contributed by atoms with Gasteiger partial charge in [0.05, 0.1) is 16.0 Å². The van der Waals surface area contributed by atoms with Crippen molar-refractivity contribution in [1.82, 2.24) is 0 Å². The summed E-state index contributed by atoms with van der Waals surface area (Å²) in [6, 6.07) is 12.8. The zero-order valence-electron chi connectivity index (χ0n) is 11.0. The lowest BCUT2D eigenvalue weighted by Gasteiger charge is -2.02. The molecule has 3 aromatic rings. The monoisotopic (exact) mass is 333 g/mol. The van der Waals surface area contributed by atoms with Crippen LogP contribution in [0.4, 0.5) is 5.69 Å². The third-order valence-electron chi connectivity index (χ3n) is 2.96. The maximum atomic E-state index is 12.2. The van der Waals surface area contributed by atoms with Crippen LogP contribution < -0.4 is 4.74 Å². The number of nitrogens with zero attached hydrogens (tertiary/aromatic N) is 1. The minimum atomic E-state index is -0.633. The van der Waals surface area contributed by atoms with Crippen LogP contribution >= 0.6 is 22.9 Å². The van der Waals surface area contributed by atoms with Crippen molar-refractivity contribution in [3.8, 4) is 5.75 Å². The number of hydrogen-bond acceptors (Lipinski definition) is 5. The first-order chi connectivity index (χ1) is 10.6. The van der Waals surface area contributed by atoms with Gasteiger partial charge in [0, 0.05) is 16.2 Å². The van der Waals surface area contributed by atoms with Gasteiger partial charge < -0.3 is 4.74 Å². The zero-order valence-corrected chi connectivity index (χ0v) is 12.6. The maximum absolute atomic E-state index is 12.2. The predicted molar refractivity (Wildman–Crippen MR) is 84.9 cm³/mol. The number of esters is 1. The summed E-state index contributed by atoms with van der Waals surface area (Å²) in [5.74, 6) is -0.528. The Morgan fingerprint density at radius 3 is 2.68 bits per heavy atom. The lowest BCUT2D eigenvalue weighted by Crippen LogP contribution is -2.07. The molecule has 110 valence electrons. The number of rotatable bonds is 3. The van der Waals surface area contributed by atoms with Crippen molar-refractivity contribution >= 4 is 44.7 Å². The molecule has 1 aromatic heterocycles. The molecule has 0 aliphatic carbocycles. The summed E-state index contributed by atoms with van der Waals surface area (Å²) < 4.78 is 6.06. The van der Waals surface area contributed by atoms with Crippen LogP contribution in [0.5, 0.6) is 5.75 Å². The zero-order chi connectivity index (χ0) is 15.7.